The van der Waals surface area contributed by atoms with Gasteiger partial charge in [-0.2, -0.15) is 8.42 Å². The van der Waals surface area contributed by atoms with Crippen molar-refractivity contribution in [1.82, 2.24) is 4.90 Å². The van der Waals surface area contributed by atoms with Crippen molar-refractivity contribution < 1.29 is 22.7 Å². The van der Waals surface area contributed by atoms with E-state index >= 15 is 0 Å². The molecule has 1 aromatic rings. The van der Waals surface area contributed by atoms with Gasteiger partial charge in [0.1, 0.15) is 4.32 Å². The maximum absolute atomic E-state index is 12.2. The number of amides is 1. The van der Waals surface area contributed by atoms with Gasteiger partial charge in [-0.25, -0.2) is 0 Å². The van der Waals surface area contributed by atoms with E-state index in [1.807, 2.05) is 0 Å². The van der Waals surface area contributed by atoms with Crippen LogP contribution in [0.25, 0.3) is 6.08 Å². The van der Waals surface area contributed by atoms with E-state index in [0.717, 1.165) is 16.7 Å². The van der Waals surface area contributed by atoms with Crippen molar-refractivity contribution >= 4 is 56.1 Å². The molecule has 0 aromatic heterocycles. The standard InChI is InChI=1S/C12H10N2O6S3/c15-11-10(7-8-1-3-9(4-2-8)14(16)17)22-12(21)13(11)5-6-23(18,19)20/h1-4,7H,5-6H2,(H,18,19,20). The van der Waals surface area contributed by atoms with E-state index < -0.39 is 26.7 Å². The van der Waals surface area contributed by atoms with Crippen LogP contribution in [0.3, 0.4) is 0 Å². The summed E-state index contributed by atoms with van der Waals surface area (Å²) >= 11 is 6.01. The van der Waals surface area contributed by atoms with Gasteiger partial charge < -0.3 is 0 Å². The second-order valence-electron chi connectivity index (χ2n) is 4.47. The summed E-state index contributed by atoms with van der Waals surface area (Å²) in [5.74, 6) is -1.08. The second kappa shape index (κ2) is 6.74. The highest BCUT2D eigenvalue weighted by atomic mass is 32.2. The molecule has 11 heteroatoms. The van der Waals surface area contributed by atoms with Crippen molar-refractivity contribution in [3.63, 3.8) is 0 Å². The largest absolute Gasteiger partial charge is 0.292 e. The smallest absolute Gasteiger partial charge is 0.269 e. The van der Waals surface area contributed by atoms with Crippen molar-refractivity contribution in [3.05, 3.63) is 44.8 Å². The fourth-order valence-electron chi connectivity index (χ4n) is 1.74. The van der Waals surface area contributed by atoms with Crippen molar-refractivity contribution in [2.24, 2.45) is 0 Å². The molecule has 1 amide bonds. The molecule has 1 aromatic carbocycles. The number of benzene rings is 1. The van der Waals surface area contributed by atoms with Gasteiger partial charge in [-0.3, -0.25) is 24.4 Å². The lowest BCUT2D eigenvalue weighted by Crippen LogP contribution is -2.32. The van der Waals surface area contributed by atoms with E-state index in [4.69, 9.17) is 16.8 Å². The first-order valence-corrected chi connectivity index (χ1v) is 8.96. The third kappa shape index (κ3) is 4.58. The van der Waals surface area contributed by atoms with Crippen LogP contribution in [0.2, 0.25) is 0 Å². The fraction of sp³-hybridized carbons (Fsp3) is 0.167. The van der Waals surface area contributed by atoms with Gasteiger partial charge in [-0.05, 0) is 23.8 Å². The number of rotatable bonds is 5. The summed E-state index contributed by atoms with van der Waals surface area (Å²) in [5, 5.41) is 10.6. The topological polar surface area (TPSA) is 118 Å². The first-order valence-electron chi connectivity index (χ1n) is 6.12. The molecular weight excluding hydrogens is 364 g/mol. The van der Waals surface area contributed by atoms with Crippen LogP contribution < -0.4 is 0 Å². The molecule has 0 saturated carbocycles. The predicted molar refractivity (Wildman–Crippen MR) is 89.4 cm³/mol. The number of carbonyl (C=O) groups excluding carboxylic acids is 1. The van der Waals surface area contributed by atoms with Gasteiger partial charge in [0.15, 0.2) is 0 Å². The molecule has 122 valence electrons. The maximum atomic E-state index is 12.2. The minimum atomic E-state index is -4.19. The summed E-state index contributed by atoms with van der Waals surface area (Å²) in [6.45, 7) is -0.235. The molecule has 1 heterocycles. The highest BCUT2D eigenvalue weighted by Crippen LogP contribution is 2.32. The third-order valence-electron chi connectivity index (χ3n) is 2.85. The third-order valence-corrected chi connectivity index (χ3v) is 4.92. The first-order chi connectivity index (χ1) is 10.7. The van der Waals surface area contributed by atoms with Crippen molar-refractivity contribution in [2.45, 2.75) is 0 Å². The molecule has 1 aliphatic heterocycles. The zero-order chi connectivity index (χ0) is 17.2. The summed E-state index contributed by atoms with van der Waals surface area (Å²) in [4.78, 5) is 23.6. The molecule has 0 atom stereocenters. The van der Waals surface area contributed by atoms with Crippen molar-refractivity contribution in [1.29, 1.82) is 0 Å². The summed E-state index contributed by atoms with van der Waals surface area (Å²) in [5.41, 5.74) is 0.508. The van der Waals surface area contributed by atoms with Crippen LogP contribution in [0.15, 0.2) is 29.2 Å². The number of thioether (sulfide) groups is 1. The Hall–Kier alpha value is -1.82. The lowest BCUT2D eigenvalue weighted by molar-refractivity contribution is -0.384. The molecular formula is C12H10N2O6S3. The Balaban J connectivity index is 2.16. The Kier molecular flexibility index (Phi) is 5.14. The van der Waals surface area contributed by atoms with Crippen LogP contribution in [0, 0.1) is 10.1 Å². The van der Waals surface area contributed by atoms with Crippen LogP contribution in [-0.4, -0.2) is 45.3 Å². The summed E-state index contributed by atoms with van der Waals surface area (Å²) < 4.78 is 30.4. The number of non-ortho nitro benzene ring substituents is 1. The molecule has 1 fully saturated rings. The van der Waals surface area contributed by atoms with E-state index in [-0.39, 0.29) is 21.5 Å². The Bertz CT molecular complexity index is 801. The zero-order valence-electron chi connectivity index (χ0n) is 11.4. The molecule has 1 aliphatic rings. The van der Waals surface area contributed by atoms with Crippen LogP contribution in [0.1, 0.15) is 5.56 Å². The summed E-state index contributed by atoms with van der Waals surface area (Å²) in [7, 11) is -4.19. The Labute approximate surface area is 141 Å². The van der Waals surface area contributed by atoms with Crippen LogP contribution in [-0.2, 0) is 14.9 Å². The fourth-order valence-corrected chi connectivity index (χ4v) is 3.46. The van der Waals surface area contributed by atoms with Gasteiger partial charge in [-0.1, -0.05) is 24.0 Å². The van der Waals surface area contributed by atoms with Crippen LogP contribution in [0.5, 0.6) is 0 Å². The van der Waals surface area contributed by atoms with Gasteiger partial charge in [0.2, 0.25) is 0 Å². The normalized spacial score (nSPS) is 17.1. The van der Waals surface area contributed by atoms with E-state index in [1.165, 1.54) is 30.3 Å². The van der Waals surface area contributed by atoms with Gasteiger partial charge in [0.05, 0.1) is 15.6 Å². The van der Waals surface area contributed by atoms with Crippen LogP contribution >= 0.6 is 24.0 Å². The average Bonchev–Trinajstić information content (AvgIpc) is 2.71. The lowest BCUT2D eigenvalue weighted by Gasteiger charge is -2.12. The number of nitro benzene ring substituents is 1. The number of nitro groups is 1. The number of hydrogen-bond donors (Lipinski definition) is 1. The van der Waals surface area contributed by atoms with Crippen molar-refractivity contribution in [3.8, 4) is 0 Å². The molecule has 0 aliphatic carbocycles. The quantitative estimate of drug-likeness (QED) is 0.272. The number of thiocarbonyl (C=S) groups is 1. The molecule has 1 N–H and O–H groups in total. The first kappa shape index (κ1) is 17.5. The van der Waals surface area contributed by atoms with Gasteiger partial charge >= 0.3 is 0 Å². The minimum Gasteiger partial charge on any atom is -0.292 e. The lowest BCUT2D eigenvalue weighted by atomic mass is 10.2. The molecule has 23 heavy (non-hydrogen) atoms. The summed E-state index contributed by atoms with van der Waals surface area (Å²) in [6.07, 6.45) is 1.51. The average molecular weight is 374 g/mol. The highest BCUT2D eigenvalue weighted by Gasteiger charge is 2.32. The number of hydrogen-bond acceptors (Lipinski definition) is 7. The van der Waals surface area contributed by atoms with Gasteiger partial charge in [0, 0.05) is 18.7 Å². The van der Waals surface area contributed by atoms with E-state index in [0.29, 0.717) is 5.56 Å². The highest BCUT2D eigenvalue weighted by molar-refractivity contribution is 8.26. The molecule has 0 radical (unpaired) electrons. The van der Waals surface area contributed by atoms with Crippen molar-refractivity contribution in [2.75, 3.05) is 12.3 Å². The predicted octanol–water partition coefficient (Wildman–Crippen LogP) is 1.68. The van der Waals surface area contributed by atoms with E-state index in [2.05, 4.69) is 0 Å². The Morgan fingerprint density at radius 3 is 2.48 bits per heavy atom. The second-order valence-corrected chi connectivity index (χ2v) is 7.72. The molecule has 0 unspecified atom stereocenters. The summed E-state index contributed by atoms with van der Waals surface area (Å²) in [6, 6.07) is 5.60. The Morgan fingerprint density at radius 1 is 1.35 bits per heavy atom. The monoisotopic (exact) mass is 374 g/mol. The minimum absolute atomic E-state index is 0.0668. The van der Waals surface area contributed by atoms with Crippen LogP contribution in [0.4, 0.5) is 5.69 Å². The molecule has 0 spiro atoms. The number of carbonyl (C=O) groups is 1. The zero-order valence-corrected chi connectivity index (χ0v) is 13.9. The maximum Gasteiger partial charge on any atom is 0.269 e. The van der Waals surface area contributed by atoms with E-state index in [1.54, 1.807) is 0 Å². The number of nitrogens with zero attached hydrogens (tertiary/aromatic N) is 2. The SMILES string of the molecule is O=C1C(=Cc2ccc([N+](=O)[O-])cc2)SC(=S)N1CCS(=O)(=O)O. The molecule has 0 bridgehead atoms. The molecule has 8 nitrogen and oxygen atoms in total. The molecule has 2 rings (SSSR count). The van der Waals surface area contributed by atoms with Gasteiger partial charge in [-0.15, -0.1) is 0 Å². The van der Waals surface area contributed by atoms with E-state index in [9.17, 15) is 23.3 Å². The van der Waals surface area contributed by atoms with Gasteiger partial charge in [0.25, 0.3) is 21.7 Å². The molecule has 1 saturated heterocycles. The Morgan fingerprint density at radius 2 is 1.96 bits per heavy atom.